The number of aryl methyl sites for hydroxylation is 1. The number of benzene rings is 2. The van der Waals surface area contributed by atoms with Gasteiger partial charge in [0.15, 0.2) is 0 Å². The van der Waals surface area contributed by atoms with Crippen LogP contribution in [-0.4, -0.2) is 13.0 Å². The van der Waals surface area contributed by atoms with Crippen LogP contribution >= 0.6 is 15.9 Å². The van der Waals surface area contributed by atoms with E-state index in [0.717, 1.165) is 16.5 Å². The fourth-order valence-electron chi connectivity index (χ4n) is 2.15. The van der Waals surface area contributed by atoms with E-state index < -0.39 is 16.2 Å². The van der Waals surface area contributed by atoms with E-state index in [2.05, 4.69) is 15.9 Å². The molecule has 0 aliphatic carbocycles. The first-order valence-corrected chi connectivity index (χ1v) is 9.27. The van der Waals surface area contributed by atoms with Gasteiger partial charge in [0.1, 0.15) is 16.7 Å². The molecule has 0 fully saturated rings. The van der Waals surface area contributed by atoms with Crippen LogP contribution in [0.1, 0.15) is 29.7 Å². The molecule has 0 aliphatic rings. The Balaban J connectivity index is 2.32. The predicted octanol–water partition coefficient (Wildman–Crippen LogP) is 4.28. The lowest BCUT2D eigenvalue weighted by Gasteiger charge is -2.18. The molecule has 0 amide bonds. The van der Waals surface area contributed by atoms with Crippen LogP contribution in [0.2, 0.25) is 0 Å². The highest BCUT2D eigenvalue weighted by Crippen LogP contribution is 2.28. The smallest absolute Gasteiger partial charge is 0.294 e. The Morgan fingerprint density at radius 3 is 2.36 bits per heavy atom. The first-order valence-electron chi connectivity index (χ1n) is 6.71. The third-order valence-corrected chi connectivity index (χ3v) is 4.85. The molecule has 2 aromatic carbocycles. The van der Waals surface area contributed by atoms with Gasteiger partial charge in [-0.1, -0.05) is 45.8 Å². The minimum Gasteiger partial charge on any atom is -0.486 e. The molecule has 0 saturated carbocycles. The van der Waals surface area contributed by atoms with Crippen LogP contribution in [0.15, 0.2) is 47.4 Å². The molecule has 0 aliphatic heterocycles. The molecule has 118 valence electrons. The first kappa shape index (κ1) is 17.0. The monoisotopic (exact) mass is 384 g/mol. The molecule has 1 atom stereocenters. The summed E-state index contributed by atoms with van der Waals surface area (Å²) in [5.74, 6) is 0.639. The van der Waals surface area contributed by atoms with Crippen LogP contribution in [0.5, 0.6) is 5.75 Å². The summed E-state index contributed by atoms with van der Waals surface area (Å²) in [5.41, 5.74) is 2.45. The van der Waals surface area contributed by atoms with E-state index in [9.17, 15) is 13.0 Å². The summed E-state index contributed by atoms with van der Waals surface area (Å²) < 4.78 is 38.2. The van der Waals surface area contributed by atoms with Gasteiger partial charge in [0, 0.05) is 10.9 Å². The maximum atomic E-state index is 11.5. The second kappa shape index (κ2) is 6.81. The van der Waals surface area contributed by atoms with Crippen molar-refractivity contribution in [3.8, 4) is 5.75 Å². The van der Waals surface area contributed by atoms with Crippen molar-refractivity contribution >= 4 is 26.0 Å². The second-order valence-corrected chi connectivity index (χ2v) is 7.00. The van der Waals surface area contributed by atoms with Gasteiger partial charge < -0.3 is 4.74 Å². The van der Waals surface area contributed by atoms with Crippen LogP contribution in [0.4, 0.5) is 0 Å². The number of rotatable bonds is 5. The largest absolute Gasteiger partial charge is 0.486 e. The average molecular weight is 385 g/mol. The molecule has 0 radical (unpaired) electrons. The molecule has 0 bridgehead atoms. The molecular formula is C16H17BrO4S. The third kappa shape index (κ3) is 4.09. The fourth-order valence-corrected chi connectivity index (χ4v) is 3.28. The van der Waals surface area contributed by atoms with E-state index in [4.69, 9.17) is 4.74 Å². The van der Waals surface area contributed by atoms with Crippen molar-refractivity contribution in [1.29, 1.82) is 0 Å². The molecule has 22 heavy (non-hydrogen) atoms. The van der Waals surface area contributed by atoms with Crippen molar-refractivity contribution in [2.24, 2.45) is 0 Å². The van der Waals surface area contributed by atoms with Crippen molar-refractivity contribution in [2.45, 2.75) is 30.2 Å². The Labute approximate surface area is 139 Å². The molecular weight excluding hydrogens is 368 g/mol. The van der Waals surface area contributed by atoms with Gasteiger partial charge in [0.25, 0.3) is 10.1 Å². The number of ether oxygens (including phenoxy) is 1. The van der Waals surface area contributed by atoms with E-state index >= 15 is 0 Å². The van der Waals surface area contributed by atoms with Crippen molar-refractivity contribution < 1.29 is 17.7 Å². The molecule has 2 rings (SSSR count). The number of hydrogen-bond acceptors (Lipinski definition) is 3. The van der Waals surface area contributed by atoms with Crippen LogP contribution < -0.4 is 4.74 Å². The average Bonchev–Trinajstić information content (AvgIpc) is 2.46. The Kier molecular flexibility index (Phi) is 5.26. The Morgan fingerprint density at radius 2 is 1.82 bits per heavy atom. The zero-order chi connectivity index (χ0) is 16.3. The zero-order valence-electron chi connectivity index (χ0n) is 12.3. The number of halogens is 1. The fraction of sp³-hybridized carbons (Fsp3) is 0.250. The molecule has 1 N–H and O–H groups in total. The molecule has 4 nitrogen and oxygen atoms in total. The van der Waals surface area contributed by atoms with Crippen LogP contribution in [-0.2, 0) is 15.4 Å². The van der Waals surface area contributed by atoms with Gasteiger partial charge in [-0.2, -0.15) is 8.42 Å². The number of alkyl halides is 1. The Morgan fingerprint density at radius 1 is 1.18 bits per heavy atom. The molecule has 0 heterocycles. The highest BCUT2D eigenvalue weighted by Gasteiger charge is 2.20. The molecule has 0 aromatic heterocycles. The lowest BCUT2D eigenvalue weighted by atomic mass is 10.1. The predicted molar refractivity (Wildman–Crippen MR) is 89.1 cm³/mol. The zero-order valence-corrected chi connectivity index (χ0v) is 14.7. The summed E-state index contributed by atoms with van der Waals surface area (Å²) in [6, 6.07) is 12.3. The van der Waals surface area contributed by atoms with Gasteiger partial charge in [-0.3, -0.25) is 4.55 Å². The summed E-state index contributed by atoms with van der Waals surface area (Å²) in [6.45, 7) is 3.61. The standard InChI is InChI=1S/C16H17BrO4S/c1-11-3-8-16(22(18,19)20)15(9-11)12(2)21-14-6-4-13(10-17)5-7-14/h3-9,12H,10H2,1-2H3,(H,18,19,20). The normalized spacial score (nSPS) is 12.9. The third-order valence-electron chi connectivity index (χ3n) is 3.27. The van der Waals surface area contributed by atoms with Gasteiger partial charge in [0.05, 0.1) is 0 Å². The van der Waals surface area contributed by atoms with Crippen LogP contribution in [0.3, 0.4) is 0 Å². The minimum atomic E-state index is -4.28. The summed E-state index contributed by atoms with van der Waals surface area (Å²) in [4.78, 5) is -0.123. The maximum Gasteiger partial charge on any atom is 0.294 e. The van der Waals surface area contributed by atoms with E-state index in [0.29, 0.717) is 11.3 Å². The maximum absolute atomic E-state index is 11.5. The van der Waals surface area contributed by atoms with Crippen LogP contribution in [0.25, 0.3) is 0 Å². The van der Waals surface area contributed by atoms with E-state index in [1.165, 1.54) is 6.07 Å². The van der Waals surface area contributed by atoms with Gasteiger partial charge in [-0.25, -0.2) is 0 Å². The quantitative estimate of drug-likeness (QED) is 0.617. The van der Waals surface area contributed by atoms with E-state index in [1.54, 1.807) is 19.1 Å². The van der Waals surface area contributed by atoms with Crippen LogP contribution in [0, 0.1) is 6.92 Å². The lowest BCUT2D eigenvalue weighted by Crippen LogP contribution is -2.10. The van der Waals surface area contributed by atoms with Crippen molar-refractivity contribution in [1.82, 2.24) is 0 Å². The molecule has 0 saturated heterocycles. The molecule has 1 unspecified atom stereocenters. The summed E-state index contributed by atoms with van der Waals surface area (Å²) in [6.07, 6.45) is -0.508. The highest BCUT2D eigenvalue weighted by molar-refractivity contribution is 9.08. The van der Waals surface area contributed by atoms with Gasteiger partial charge in [-0.15, -0.1) is 0 Å². The van der Waals surface area contributed by atoms with Crippen molar-refractivity contribution in [3.63, 3.8) is 0 Å². The summed E-state index contributed by atoms with van der Waals surface area (Å²) in [7, 11) is -4.28. The molecule has 0 spiro atoms. The number of hydrogen-bond donors (Lipinski definition) is 1. The van der Waals surface area contributed by atoms with Gasteiger partial charge in [0.2, 0.25) is 0 Å². The molecule has 6 heteroatoms. The summed E-state index contributed by atoms with van der Waals surface area (Å²) >= 11 is 3.37. The van der Waals surface area contributed by atoms with Gasteiger partial charge >= 0.3 is 0 Å². The first-order chi connectivity index (χ1) is 10.3. The molecule has 2 aromatic rings. The van der Waals surface area contributed by atoms with Crippen molar-refractivity contribution in [2.75, 3.05) is 0 Å². The van der Waals surface area contributed by atoms with E-state index in [-0.39, 0.29) is 4.90 Å². The van der Waals surface area contributed by atoms with E-state index in [1.807, 2.05) is 31.2 Å². The van der Waals surface area contributed by atoms with Crippen molar-refractivity contribution in [3.05, 3.63) is 59.2 Å². The minimum absolute atomic E-state index is 0.123. The second-order valence-electron chi connectivity index (χ2n) is 5.05. The highest BCUT2D eigenvalue weighted by atomic mass is 79.9. The summed E-state index contributed by atoms with van der Waals surface area (Å²) in [5, 5.41) is 0.758. The Hall–Kier alpha value is -1.37. The lowest BCUT2D eigenvalue weighted by molar-refractivity contribution is 0.223. The Bertz CT molecular complexity index is 754. The van der Waals surface area contributed by atoms with Gasteiger partial charge in [-0.05, 0) is 37.6 Å². The topological polar surface area (TPSA) is 63.6 Å². The SMILES string of the molecule is Cc1ccc(S(=O)(=O)O)c(C(C)Oc2ccc(CBr)cc2)c1.